The molecule has 2 aliphatic heterocycles. The third kappa shape index (κ3) is 2.93. The Hall–Kier alpha value is -3.21. The summed E-state index contributed by atoms with van der Waals surface area (Å²) in [5.74, 6) is -0.792. The van der Waals surface area contributed by atoms with Crippen molar-refractivity contribution in [3.8, 4) is 0 Å². The fourth-order valence-corrected chi connectivity index (χ4v) is 3.36. The summed E-state index contributed by atoms with van der Waals surface area (Å²) in [6.45, 7) is 0.795. The van der Waals surface area contributed by atoms with Gasteiger partial charge < -0.3 is 9.80 Å². The summed E-state index contributed by atoms with van der Waals surface area (Å²) in [4.78, 5) is 35.3. The van der Waals surface area contributed by atoms with Crippen molar-refractivity contribution >= 4 is 17.8 Å². The molecule has 0 spiro atoms. The largest absolute Gasteiger partial charge is 0.416 e. The van der Waals surface area contributed by atoms with Crippen molar-refractivity contribution in [2.24, 2.45) is 0 Å². The number of nitrogens with zero attached hydrogens (tertiary/aromatic N) is 4. The monoisotopic (exact) mass is 393 g/mol. The minimum absolute atomic E-state index is 0.00217. The van der Waals surface area contributed by atoms with Gasteiger partial charge >= 0.3 is 6.18 Å². The van der Waals surface area contributed by atoms with E-state index in [9.17, 15) is 22.8 Å². The molecular weight excluding hydrogens is 379 g/mol. The molecule has 2 saturated heterocycles. The van der Waals surface area contributed by atoms with Gasteiger partial charge in [0.1, 0.15) is 0 Å². The van der Waals surface area contributed by atoms with Crippen molar-refractivity contribution in [3.63, 3.8) is 0 Å². The van der Waals surface area contributed by atoms with Gasteiger partial charge in [0, 0.05) is 31.0 Å². The molecule has 0 bridgehead atoms. The summed E-state index contributed by atoms with van der Waals surface area (Å²) in [6.07, 6.45) is -1.96. The maximum absolute atomic E-state index is 12.8. The second kappa shape index (κ2) is 6.44. The number of halogens is 3. The van der Waals surface area contributed by atoms with Gasteiger partial charge in [-0.3, -0.25) is 14.8 Å². The standard InChI is InChI=1S/C17H14F3N5O3/c18-17(19,20)11-3-1-2-9(4-11)15(27)24-7-13-12(24)8-25(13)16-21-5-10(6-22-16)14(26)23-28/h1-6,12-13,28H,7-8H2,(H,23,26)/t12?,13-/m1/s1. The van der Waals surface area contributed by atoms with Crippen LogP contribution in [0, 0.1) is 0 Å². The molecule has 0 saturated carbocycles. The number of likely N-dealkylation sites (tertiary alicyclic amines) is 1. The van der Waals surface area contributed by atoms with Gasteiger partial charge in [-0.15, -0.1) is 0 Å². The minimum atomic E-state index is -4.50. The van der Waals surface area contributed by atoms with Crippen LogP contribution in [0.15, 0.2) is 36.7 Å². The van der Waals surface area contributed by atoms with Gasteiger partial charge in [-0.05, 0) is 18.2 Å². The van der Waals surface area contributed by atoms with Crippen molar-refractivity contribution in [3.05, 3.63) is 53.3 Å². The van der Waals surface area contributed by atoms with Gasteiger partial charge in [-0.1, -0.05) is 6.07 Å². The molecule has 1 aromatic carbocycles. The zero-order valence-corrected chi connectivity index (χ0v) is 14.2. The van der Waals surface area contributed by atoms with Gasteiger partial charge in [-0.2, -0.15) is 13.2 Å². The molecule has 146 valence electrons. The number of amides is 2. The fourth-order valence-electron chi connectivity index (χ4n) is 3.36. The van der Waals surface area contributed by atoms with E-state index in [1.54, 1.807) is 0 Å². The van der Waals surface area contributed by atoms with Crippen LogP contribution in [-0.4, -0.2) is 57.1 Å². The quantitative estimate of drug-likeness (QED) is 0.603. The van der Waals surface area contributed by atoms with Crippen LogP contribution in [0.2, 0.25) is 0 Å². The Labute approximate surface area is 156 Å². The topological polar surface area (TPSA) is 98.7 Å². The first kappa shape index (κ1) is 18.2. The lowest BCUT2D eigenvalue weighted by Crippen LogP contribution is -2.80. The third-order valence-corrected chi connectivity index (χ3v) is 4.97. The Balaban J connectivity index is 1.41. The zero-order chi connectivity index (χ0) is 20.1. The van der Waals surface area contributed by atoms with E-state index in [2.05, 4.69) is 9.97 Å². The van der Waals surface area contributed by atoms with Gasteiger partial charge in [0.05, 0.1) is 23.2 Å². The number of hydroxylamine groups is 1. The fraction of sp³-hybridized carbons (Fsp3) is 0.294. The van der Waals surface area contributed by atoms with E-state index in [-0.39, 0.29) is 23.2 Å². The van der Waals surface area contributed by atoms with E-state index in [0.29, 0.717) is 19.0 Å². The average molecular weight is 393 g/mol. The number of anilines is 1. The van der Waals surface area contributed by atoms with Crippen molar-refractivity contribution in [2.45, 2.75) is 18.3 Å². The van der Waals surface area contributed by atoms with Crippen LogP contribution in [-0.2, 0) is 6.18 Å². The molecule has 3 heterocycles. The molecule has 11 heteroatoms. The smallest absolute Gasteiger partial charge is 0.332 e. The predicted octanol–water partition coefficient (Wildman–Crippen LogP) is 1.33. The highest BCUT2D eigenvalue weighted by atomic mass is 19.4. The number of nitrogens with one attached hydrogen (secondary N) is 1. The lowest BCUT2D eigenvalue weighted by atomic mass is 9.85. The first-order valence-corrected chi connectivity index (χ1v) is 8.31. The molecule has 2 N–H and O–H groups in total. The van der Waals surface area contributed by atoms with Crippen LogP contribution in [0.5, 0.6) is 0 Å². The molecule has 2 aromatic rings. The Morgan fingerprint density at radius 1 is 1.11 bits per heavy atom. The van der Waals surface area contributed by atoms with Gasteiger partial charge in [-0.25, -0.2) is 15.4 Å². The normalized spacial score (nSPS) is 20.7. The van der Waals surface area contributed by atoms with E-state index >= 15 is 0 Å². The van der Waals surface area contributed by atoms with Gasteiger partial charge in [0.15, 0.2) is 0 Å². The van der Waals surface area contributed by atoms with Gasteiger partial charge in [0.25, 0.3) is 11.8 Å². The molecule has 1 aromatic heterocycles. The molecule has 4 rings (SSSR count). The summed E-state index contributed by atoms with van der Waals surface area (Å²) in [6, 6.07) is 4.24. The maximum Gasteiger partial charge on any atom is 0.416 e. The number of hydrogen-bond acceptors (Lipinski definition) is 6. The molecule has 2 aliphatic rings. The molecule has 2 amide bonds. The van der Waals surface area contributed by atoms with Crippen LogP contribution < -0.4 is 10.4 Å². The highest BCUT2D eigenvalue weighted by molar-refractivity contribution is 5.96. The first-order chi connectivity index (χ1) is 13.3. The van der Waals surface area contributed by atoms with Crippen molar-refractivity contribution < 1.29 is 28.0 Å². The second-order valence-electron chi connectivity index (χ2n) is 6.54. The number of fused-ring (bicyclic) bond motifs is 1. The summed E-state index contributed by atoms with van der Waals surface area (Å²) in [5.41, 5.74) is 0.727. The summed E-state index contributed by atoms with van der Waals surface area (Å²) < 4.78 is 38.5. The number of hydrogen-bond donors (Lipinski definition) is 2. The Morgan fingerprint density at radius 2 is 1.82 bits per heavy atom. The van der Waals surface area contributed by atoms with Crippen molar-refractivity contribution in [1.82, 2.24) is 20.3 Å². The Morgan fingerprint density at radius 3 is 2.39 bits per heavy atom. The Bertz CT molecular complexity index is 934. The van der Waals surface area contributed by atoms with Crippen LogP contribution in [0.3, 0.4) is 0 Å². The molecule has 0 radical (unpaired) electrons. The summed E-state index contributed by atoms with van der Waals surface area (Å²) in [7, 11) is 0. The third-order valence-electron chi connectivity index (χ3n) is 4.97. The summed E-state index contributed by atoms with van der Waals surface area (Å²) >= 11 is 0. The van der Waals surface area contributed by atoms with E-state index in [0.717, 1.165) is 12.1 Å². The summed E-state index contributed by atoms with van der Waals surface area (Å²) in [5, 5.41) is 8.58. The van der Waals surface area contributed by atoms with E-state index in [1.807, 2.05) is 4.90 Å². The lowest BCUT2D eigenvalue weighted by Gasteiger charge is -2.61. The highest BCUT2D eigenvalue weighted by Gasteiger charge is 2.54. The number of carbonyl (C=O) groups excluding carboxylic acids is 2. The van der Waals surface area contributed by atoms with Crippen molar-refractivity contribution in [2.75, 3.05) is 18.0 Å². The number of piperazine rings is 1. The van der Waals surface area contributed by atoms with E-state index < -0.39 is 23.6 Å². The predicted molar refractivity (Wildman–Crippen MR) is 88.7 cm³/mol. The minimum Gasteiger partial charge on any atom is -0.332 e. The number of aromatic nitrogens is 2. The first-order valence-electron chi connectivity index (χ1n) is 8.31. The van der Waals surface area contributed by atoms with Crippen LogP contribution in [0.25, 0.3) is 0 Å². The van der Waals surface area contributed by atoms with Crippen LogP contribution in [0.1, 0.15) is 26.3 Å². The molecule has 28 heavy (non-hydrogen) atoms. The molecule has 8 nitrogen and oxygen atoms in total. The van der Waals surface area contributed by atoms with Crippen molar-refractivity contribution in [1.29, 1.82) is 0 Å². The van der Waals surface area contributed by atoms with E-state index in [4.69, 9.17) is 5.21 Å². The highest BCUT2D eigenvalue weighted by Crippen LogP contribution is 2.37. The van der Waals surface area contributed by atoms with Crippen LogP contribution >= 0.6 is 0 Å². The maximum atomic E-state index is 12.8. The average Bonchev–Trinajstić information content (AvgIpc) is 2.68. The molecule has 1 unspecified atom stereocenters. The second-order valence-corrected chi connectivity index (χ2v) is 6.54. The molecule has 2 atom stereocenters. The lowest BCUT2D eigenvalue weighted by molar-refractivity contribution is -0.137. The number of alkyl halides is 3. The number of carbonyl (C=O) groups is 2. The van der Waals surface area contributed by atoms with Gasteiger partial charge in [0.2, 0.25) is 5.95 Å². The molecule has 0 aliphatic carbocycles. The number of rotatable bonds is 3. The Kier molecular flexibility index (Phi) is 4.18. The number of benzene rings is 1. The molecule has 2 fully saturated rings. The van der Waals surface area contributed by atoms with Crippen LogP contribution in [0.4, 0.5) is 19.1 Å². The SMILES string of the molecule is O=C(NO)c1cnc(N2CC3[C@H]2CN3C(=O)c2cccc(C(F)(F)F)c2)nc1. The zero-order valence-electron chi connectivity index (χ0n) is 14.2. The molecular formula is C17H14F3N5O3. The van der Waals surface area contributed by atoms with E-state index in [1.165, 1.54) is 34.9 Å².